The Morgan fingerprint density at radius 1 is 1.12 bits per heavy atom. The van der Waals surface area contributed by atoms with Gasteiger partial charge in [0.2, 0.25) is 0 Å². The molecule has 0 aliphatic heterocycles. The number of hydrogen-bond acceptors (Lipinski definition) is 3. The Kier molecular flexibility index (Phi) is 5.86. The standard InChI is InChI=1S/C18H15Cl2N3O/c1-11-3-4-12(2)17(7-11)22-10-13(9-21)18(24)23-16-6-5-14(19)8-15(16)20/h3-8,10,22H,1-2H3,(H,23,24)/b13-10-. The third-order valence-electron chi connectivity index (χ3n) is 3.31. The Bertz CT molecular complexity index is 854. The summed E-state index contributed by atoms with van der Waals surface area (Å²) in [5, 5.41) is 15.6. The highest BCUT2D eigenvalue weighted by Gasteiger charge is 2.11. The molecule has 0 bridgehead atoms. The third-order valence-corrected chi connectivity index (χ3v) is 3.86. The van der Waals surface area contributed by atoms with Gasteiger partial charge in [0.15, 0.2) is 0 Å². The summed E-state index contributed by atoms with van der Waals surface area (Å²) in [6, 6.07) is 12.5. The number of anilines is 2. The van der Waals surface area contributed by atoms with Crippen LogP contribution in [0.5, 0.6) is 0 Å². The number of aryl methyl sites for hydroxylation is 2. The highest BCUT2D eigenvalue weighted by molar-refractivity contribution is 6.36. The number of rotatable bonds is 4. The van der Waals surface area contributed by atoms with Crippen LogP contribution in [0.2, 0.25) is 10.0 Å². The lowest BCUT2D eigenvalue weighted by molar-refractivity contribution is -0.112. The van der Waals surface area contributed by atoms with Gasteiger partial charge in [-0.05, 0) is 49.2 Å². The molecule has 24 heavy (non-hydrogen) atoms. The van der Waals surface area contributed by atoms with E-state index in [0.717, 1.165) is 16.8 Å². The van der Waals surface area contributed by atoms with Crippen LogP contribution >= 0.6 is 23.2 Å². The molecule has 0 aliphatic rings. The van der Waals surface area contributed by atoms with E-state index in [0.29, 0.717) is 15.7 Å². The van der Waals surface area contributed by atoms with Gasteiger partial charge in [0.25, 0.3) is 5.91 Å². The first-order chi connectivity index (χ1) is 11.4. The van der Waals surface area contributed by atoms with Crippen molar-refractivity contribution < 1.29 is 4.79 Å². The molecule has 0 saturated carbocycles. The molecule has 2 aromatic rings. The first-order valence-electron chi connectivity index (χ1n) is 7.11. The van der Waals surface area contributed by atoms with Crippen LogP contribution in [0, 0.1) is 25.2 Å². The van der Waals surface area contributed by atoms with Gasteiger partial charge >= 0.3 is 0 Å². The Labute approximate surface area is 150 Å². The van der Waals surface area contributed by atoms with Crippen LogP contribution in [0.1, 0.15) is 11.1 Å². The van der Waals surface area contributed by atoms with Gasteiger partial charge < -0.3 is 10.6 Å². The van der Waals surface area contributed by atoms with E-state index in [1.807, 2.05) is 38.1 Å². The molecule has 122 valence electrons. The fraction of sp³-hybridized carbons (Fsp3) is 0.111. The first kappa shape index (κ1) is 17.9. The summed E-state index contributed by atoms with van der Waals surface area (Å²) in [5.41, 5.74) is 3.24. The molecule has 6 heteroatoms. The van der Waals surface area contributed by atoms with Crippen LogP contribution in [0.4, 0.5) is 11.4 Å². The molecule has 0 aliphatic carbocycles. The highest BCUT2D eigenvalue weighted by atomic mass is 35.5. The maximum atomic E-state index is 12.2. The van der Waals surface area contributed by atoms with Gasteiger partial charge in [-0.1, -0.05) is 35.3 Å². The van der Waals surface area contributed by atoms with E-state index in [2.05, 4.69) is 10.6 Å². The van der Waals surface area contributed by atoms with Crippen LogP contribution in [-0.2, 0) is 4.79 Å². The maximum absolute atomic E-state index is 12.2. The van der Waals surface area contributed by atoms with Crippen LogP contribution in [0.25, 0.3) is 0 Å². The quantitative estimate of drug-likeness (QED) is 0.591. The van der Waals surface area contributed by atoms with Gasteiger partial charge in [-0.25, -0.2) is 0 Å². The van der Waals surface area contributed by atoms with Crippen molar-refractivity contribution >= 4 is 40.5 Å². The Hall–Kier alpha value is -2.48. The summed E-state index contributed by atoms with van der Waals surface area (Å²) in [7, 11) is 0. The lowest BCUT2D eigenvalue weighted by atomic mass is 10.1. The first-order valence-corrected chi connectivity index (χ1v) is 7.87. The van der Waals surface area contributed by atoms with E-state index in [1.54, 1.807) is 12.1 Å². The van der Waals surface area contributed by atoms with E-state index < -0.39 is 5.91 Å². The van der Waals surface area contributed by atoms with Crippen LogP contribution in [0.15, 0.2) is 48.2 Å². The molecule has 0 saturated heterocycles. The van der Waals surface area contributed by atoms with Gasteiger partial charge in [-0.15, -0.1) is 0 Å². The van der Waals surface area contributed by atoms with E-state index in [4.69, 9.17) is 23.2 Å². The molecule has 0 spiro atoms. The molecule has 2 aromatic carbocycles. The molecule has 1 amide bonds. The molecule has 0 fully saturated rings. The second-order valence-electron chi connectivity index (χ2n) is 5.21. The van der Waals surface area contributed by atoms with Crippen molar-refractivity contribution in [2.24, 2.45) is 0 Å². The lowest BCUT2D eigenvalue weighted by Gasteiger charge is -2.09. The SMILES string of the molecule is Cc1ccc(C)c(N/C=C(/C#N)C(=O)Nc2ccc(Cl)cc2Cl)c1. The van der Waals surface area contributed by atoms with Crippen molar-refractivity contribution in [3.8, 4) is 6.07 Å². The monoisotopic (exact) mass is 359 g/mol. The Balaban J connectivity index is 2.16. The average molecular weight is 360 g/mol. The number of nitrogens with zero attached hydrogens (tertiary/aromatic N) is 1. The van der Waals surface area contributed by atoms with Crippen molar-refractivity contribution in [3.05, 3.63) is 69.3 Å². The molecular weight excluding hydrogens is 345 g/mol. The van der Waals surface area contributed by atoms with Gasteiger partial charge in [-0.3, -0.25) is 4.79 Å². The van der Waals surface area contributed by atoms with Gasteiger partial charge in [0, 0.05) is 16.9 Å². The molecule has 0 heterocycles. The van der Waals surface area contributed by atoms with E-state index >= 15 is 0 Å². The number of nitrogens with one attached hydrogen (secondary N) is 2. The van der Waals surface area contributed by atoms with Crippen molar-refractivity contribution in [2.75, 3.05) is 10.6 Å². The fourth-order valence-corrected chi connectivity index (χ4v) is 2.43. The summed E-state index contributed by atoms with van der Waals surface area (Å²) < 4.78 is 0. The zero-order chi connectivity index (χ0) is 17.7. The van der Waals surface area contributed by atoms with E-state index in [1.165, 1.54) is 12.3 Å². The van der Waals surface area contributed by atoms with Crippen molar-refractivity contribution in [3.63, 3.8) is 0 Å². The zero-order valence-electron chi connectivity index (χ0n) is 13.2. The molecule has 0 atom stereocenters. The summed E-state index contributed by atoms with van der Waals surface area (Å²) in [5.74, 6) is -0.556. The number of halogens is 2. The number of carbonyl (C=O) groups excluding carboxylic acids is 1. The average Bonchev–Trinajstić information content (AvgIpc) is 2.54. The van der Waals surface area contributed by atoms with E-state index in [9.17, 15) is 10.1 Å². The number of hydrogen-bond donors (Lipinski definition) is 2. The summed E-state index contributed by atoms with van der Waals surface area (Å²) >= 11 is 11.8. The summed E-state index contributed by atoms with van der Waals surface area (Å²) in [4.78, 5) is 12.2. The van der Waals surface area contributed by atoms with Crippen LogP contribution in [-0.4, -0.2) is 5.91 Å². The highest BCUT2D eigenvalue weighted by Crippen LogP contribution is 2.25. The number of carbonyl (C=O) groups is 1. The Morgan fingerprint density at radius 3 is 2.54 bits per heavy atom. The van der Waals surface area contributed by atoms with Crippen LogP contribution in [0.3, 0.4) is 0 Å². The summed E-state index contributed by atoms with van der Waals surface area (Å²) in [6.07, 6.45) is 1.38. The molecule has 4 nitrogen and oxygen atoms in total. The second-order valence-corrected chi connectivity index (χ2v) is 6.05. The zero-order valence-corrected chi connectivity index (χ0v) is 14.7. The van der Waals surface area contributed by atoms with Gasteiger partial charge in [0.1, 0.15) is 11.6 Å². The molecule has 0 unspecified atom stereocenters. The second kappa shape index (κ2) is 7.87. The van der Waals surface area contributed by atoms with Crippen LogP contribution < -0.4 is 10.6 Å². The predicted octanol–water partition coefficient (Wildman–Crippen LogP) is 5.07. The lowest BCUT2D eigenvalue weighted by Crippen LogP contribution is -2.15. The van der Waals surface area contributed by atoms with E-state index in [-0.39, 0.29) is 5.57 Å². The molecular formula is C18H15Cl2N3O. The minimum Gasteiger partial charge on any atom is -0.360 e. The predicted molar refractivity (Wildman–Crippen MR) is 98.3 cm³/mol. The smallest absolute Gasteiger partial charge is 0.267 e. The minimum absolute atomic E-state index is 0.0677. The molecule has 0 aromatic heterocycles. The topological polar surface area (TPSA) is 64.9 Å². The Morgan fingerprint density at radius 2 is 1.88 bits per heavy atom. The molecule has 0 radical (unpaired) electrons. The summed E-state index contributed by atoms with van der Waals surface area (Å²) in [6.45, 7) is 3.91. The maximum Gasteiger partial charge on any atom is 0.267 e. The molecule has 2 rings (SSSR count). The number of amides is 1. The van der Waals surface area contributed by atoms with Gasteiger partial charge in [0.05, 0.1) is 10.7 Å². The van der Waals surface area contributed by atoms with Crippen molar-refractivity contribution in [1.82, 2.24) is 0 Å². The molecule has 2 N–H and O–H groups in total. The van der Waals surface area contributed by atoms with Crippen molar-refractivity contribution in [2.45, 2.75) is 13.8 Å². The number of nitriles is 1. The number of benzene rings is 2. The minimum atomic E-state index is -0.556. The normalized spacial score (nSPS) is 10.9. The third kappa shape index (κ3) is 4.51. The fourth-order valence-electron chi connectivity index (χ4n) is 1.97. The van der Waals surface area contributed by atoms with Crippen molar-refractivity contribution in [1.29, 1.82) is 5.26 Å². The largest absolute Gasteiger partial charge is 0.360 e. The van der Waals surface area contributed by atoms with Gasteiger partial charge in [-0.2, -0.15) is 5.26 Å².